The largest absolute Gasteiger partial charge is 0.221 e. The van der Waals surface area contributed by atoms with Gasteiger partial charge in [0.1, 0.15) is 10.2 Å². The van der Waals surface area contributed by atoms with E-state index in [1.807, 2.05) is 6.92 Å². The van der Waals surface area contributed by atoms with Crippen LogP contribution in [0.2, 0.25) is 10.2 Å². The van der Waals surface area contributed by atoms with Crippen LogP contribution in [0.3, 0.4) is 0 Å². The highest BCUT2D eigenvalue weighted by molar-refractivity contribution is 6.34. The van der Waals surface area contributed by atoms with Crippen molar-refractivity contribution in [2.24, 2.45) is 0 Å². The Morgan fingerprint density at radius 3 is 2.92 bits per heavy atom. The number of hydrogen-bond donors (Lipinski definition) is 0. The Labute approximate surface area is 78.9 Å². The molecule has 0 aliphatic rings. The topological polar surface area (TPSA) is 30.2 Å². The lowest BCUT2D eigenvalue weighted by Crippen LogP contribution is -1.88. The number of rotatable bonds is 0. The lowest BCUT2D eigenvalue weighted by Gasteiger charge is -1.91. The monoisotopic (exact) mass is 201 g/mol. The summed E-state index contributed by atoms with van der Waals surface area (Å²) in [4.78, 5) is 4.03. The molecule has 0 aliphatic carbocycles. The summed E-state index contributed by atoms with van der Waals surface area (Å²) in [6, 6.07) is 1.66. The van der Waals surface area contributed by atoms with Crippen LogP contribution in [0.5, 0.6) is 0 Å². The third-order valence-electron chi connectivity index (χ3n) is 1.55. The highest BCUT2D eigenvalue weighted by Crippen LogP contribution is 2.20. The van der Waals surface area contributed by atoms with Crippen LogP contribution in [0, 0.1) is 6.92 Å². The predicted molar refractivity (Wildman–Crippen MR) is 47.7 cm³/mol. The molecule has 0 fully saturated rings. The van der Waals surface area contributed by atoms with Gasteiger partial charge in [-0.05, 0) is 13.0 Å². The average Bonchev–Trinajstić information content (AvgIpc) is 2.31. The van der Waals surface area contributed by atoms with Crippen molar-refractivity contribution >= 4 is 28.8 Å². The summed E-state index contributed by atoms with van der Waals surface area (Å²) in [5.74, 6) is 0. The Bertz CT molecular complexity index is 435. The first-order chi connectivity index (χ1) is 5.68. The van der Waals surface area contributed by atoms with Crippen molar-refractivity contribution in [3.63, 3.8) is 0 Å². The number of halogens is 2. The molecule has 2 aromatic rings. The zero-order valence-corrected chi connectivity index (χ0v) is 7.76. The quantitative estimate of drug-likeness (QED) is 0.613. The Balaban J connectivity index is 2.88. The number of aromatic nitrogens is 3. The van der Waals surface area contributed by atoms with E-state index >= 15 is 0 Å². The van der Waals surface area contributed by atoms with Gasteiger partial charge in [0.25, 0.3) is 0 Å². The fourth-order valence-corrected chi connectivity index (χ4v) is 1.29. The van der Waals surface area contributed by atoms with Crippen LogP contribution < -0.4 is 0 Å². The molecule has 0 amide bonds. The molecular formula is C7H5Cl2N3. The first-order valence-electron chi connectivity index (χ1n) is 3.35. The lowest BCUT2D eigenvalue weighted by molar-refractivity contribution is 0.917. The van der Waals surface area contributed by atoms with E-state index in [4.69, 9.17) is 23.2 Å². The van der Waals surface area contributed by atoms with E-state index in [-0.39, 0.29) is 0 Å². The van der Waals surface area contributed by atoms with Gasteiger partial charge >= 0.3 is 0 Å². The van der Waals surface area contributed by atoms with Crippen molar-refractivity contribution < 1.29 is 0 Å². The average molecular weight is 202 g/mol. The molecular weight excluding hydrogens is 197 g/mol. The van der Waals surface area contributed by atoms with Gasteiger partial charge in [-0.1, -0.05) is 23.2 Å². The van der Waals surface area contributed by atoms with Crippen molar-refractivity contribution in [1.82, 2.24) is 14.6 Å². The summed E-state index contributed by atoms with van der Waals surface area (Å²) < 4.78 is 1.60. The standard InChI is InChI=1S/C7H5Cl2N3/c1-4-6(9)7-10-5(8)2-3-12(7)11-4/h2-3H,1H3. The molecule has 5 heteroatoms. The molecule has 2 rings (SSSR count). The second-order valence-electron chi connectivity index (χ2n) is 2.42. The van der Waals surface area contributed by atoms with Crippen LogP contribution in [0.4, 0.5) is 0 Å². The van der Waals surface area contributed by atoms with Crippen LogP contribution in [0.1, 0.15) is 5.69 Å². The summed E-state index contributed by atoms with van der Waals surface area (Å²) in [7, 11) is 0. The predicted octanol–water partition coefficient (Wildman–Crippen LogP) is 2.34. The Morgan fingerprint density at radius 1 is 1.42 bits per heavy atom. The first kappa shape index (κ1) is 7.83. The summed E-state index contributed by atoms with van der Waals surface area (Å²) >= 11 is 11.6. The van der Waals surface area contributed by atoms with Crippen LogP contribution >= 0.6 is 23.2 Å². The molecule has 0 unspecified atom stereocenters. The highest BCUT2D eigenvalue weighted by atomic mass is 35.5. The number of aryl methyl sites for hydroxylation is 1. The molecule has 0 atom stereocenters. The molecule has 2 aromatic heterocycles. The van der Waals surface area contributed by atoms with E-state index in [1.54, 1.807) is 16.8 Å². The molecule has 0 aromatic carbocycles. The molecule has 0 saturated carbocycles. The Kier molecular flexibility index (Phi) is 1.70. The first-order valence-corrected chi connectivity index (χ1v) is 4.11. The minimum atomic E-state index is 0.421. The number of fused-ring (bicyclic) bond motifs is 1. The van der Waals surface area contributed by atoms with Crippen molar-refractivity contribution in [1.29, 1.82) is 0 Å². The normalized spacial score (nSPS) is 10.9. The Morgan fingerprint density at radius 2 is 2.17 bits per heavy atom. The van der Waals surface area contributed by atoms with E-state index in [9.17, 15) is 0 Å². The molecule has 0 radical (unpaired) electrons. The third-order valence-corrected chi connectivity index (χ3v) is 2.21. The van der Waals surface area contributed by atoms with Crippen LogP contribution in [0.25, 0.3) is 5.65 Å². The molecule has 0 N–H and O–H groups in total. The molecule has 12 heavy (non-hydrogen) atoms. The molecule has 2 heterocycles. The number of nitrogens with zero attached hydrogens (tertiary/aromatic N) is 3. The molecule has 3 nitrogen and oxygen atoms in total. The molecule has 0 saturated heterocycles. The molecule has 0 spiro atoms. The van der Waals surface area contributed by atoms with Gasteiger partial charge in [0.05, 0.1) is 5.69 Å². The fourth-order valence-electron chi connectivity index (χ4n) is 0.990. The lowest BCUT2D eigenvalue weighted by atomic mass is 10.5. The Hall–Kier alpha value is -0.800. The van der Waals surface area contributed by atoms with Gasteiger partial charge in [0.15, 0.2) is 5.65 Å². The smallest absolute Gasteiger partial charge is 0.175 e. The van der Waals surface area contributed by atoms with Crippen molar-refractivity contribution in [3.8, 4) is 0 Å². The maximum absolute atomic E-state index is 5.91. The van der Waals surface area contributed by atoms with Gasteiger partial charge < -0.3 is 0 Å². The molecule has 62 valence electrons. The van der Waals surface area contributed by atoms with Crippen LogP contribution in [-0.4, -0.2) is 14.6 Å². The summed E-state index contributed by atoms with van der Waals surface area (Å²) in [5, 5.41) is 5.09. The van der Waals surface area contributed by atoms with Crippen molar-refractivity contribution in [3.05, 3.63) is 28.1 Å². The van der Waals surface area contributed by atoms with Gasteiger partial charge in [0, 0.05) is 6.20 Å². The SMILES string of the molecule is Cc1nn2ccc(Cl)nc2c1Cl. The maximum atomic E-state index is 5.91. The van der Waals surface area contributed by atoms with E-state index in [0.717, 1.165) is 5.69 Å². The van der Waals surface area contributed by atoms with E-state index in [2.05, 4.69) is 10.1 Å². The zero-order chi connectivity index (χ0) is 8.72. The summed E-state index contributed by atoms with van der Waals surface area (Å²) in [6.45, 7) is 1.82. The second-order valence-corrected chi connectivity index (χ2v) is 3.18. The minimum absolute atomic E-state index is 0.421. The van der Waals surface area contributed by atoms with Gasteiger partial charge in [0.2, 0.25) is 0 Å². The van der Waals surface area contributed by atoms with Gasteiger partial charge in [-0.15, -0.1) is 0 Å². The highest BCUT2D eigenvalue weighted by Gasteiger charge is 2.07. The number of hydrogen-bond acceptors (Lipinski definition) is 2. The van der Waals surface area contributed by atoms with Crippen molar-refractivity contribution in [2.75, 3.05) is 0 Å². The second kappa shape index (κ2) is 2.61. The maximum Gasteiger partial charge on any atom is 0.175 e. The van der Waals surface area contributed by atoms with Gasteiger partial charge in [-0.3, -0.25) is 0 Å². The fraction of sp³-hybridized carbons (Fsp3) is 0.143. The van der Waals surface area contributed by atoms with E-state index < -0.39 is 0 Å². The molecule has 0 bridgehead atoms. The summed E-state index contributed by atoms with van der Waals surface area (Å²) in [6.07, 6.45) is 1.73. The van der Waals surface area contributed by atoms with E-state index in [0.29, 0.717) is 15.8 Å². The van der Waals surface area contributed by atoms with Crippen molar-refractivity contribution in [2.45, 2.75) is 6.92 Å². The zero-order valence-electron chi connectivity index (χ0n) is 6.25. The van der Waals surface area contributed by atoms with Crippen LogP contribution in [-0.2, 0) is 0 Å². The third kappa shape index (κ3) is 1.06. The minimum Gasteiger partial charge on any atom is -0.221 e. The molecule has 0 aliphatic heterocycles. The van der Waals surface area contributed by atoms with Gasteiger partial charge in [-0.2, -0.15) is 5.10 Å². The van der Waals surface area contributed by atoms with Crippen LogP contribution in [0.15, 0.2) is 12.3 Å². The van der Waals surface area contributed by atoms with Gasteiger partial charge in [-0.25, -0.2) is 9.50 Å². The summed E-state index contributed by atoms with van der Waals surface area (Å²) in [5.41, 5.74) is 1.35. The van der Waals surface area contributed by atoms with E-state index in [1.165, 1.54) is 0 Å².